The zero-order valence-electron chi connectivity index (χ0n) is 9.19. The molecule has 0 aliphatic rings. The Labute approximate surface area is 97.2 Å². The van der Waals surface area contributed by atoms with Crippen molar-refractivity contribution >= 4 is 25.5 Å². The van der Waals surface area contributed by atoms with Crippen LogP contribution >= 0.6 is 12.0 Å². The molecule has 1 aromatic carbocycles. The number of aryl methyl sites for hydroxylation is 1. The number of benzene rings is 1. The fourth-order valence-corrected chi connectivity index (χ4v) is 4.01. The van der Waals surface area contributed by atoms with Gasteiger partial charge in [-0.15, -0.1) is 6.58 Å². The molecular weight excluding hydrogens is 220 g/mol. The van der Waals surface area contributed by atoms with E-state index in [0.717, 1.165) is 0 Å². The minimum absolute atomic E-state index is 1.23. The van der Waals surface area contributed by atoms with Crippen LogP contribution in [-0.4, -0.2) is 8.32 Å². The lowest BCUT2D eigenvalue weighted by Crippen LogP contribution is -2.44. The molecule has 0 fully saturated rings. The fourth-order valence-electron chi connectivity index (χ4n) is 1.22. The average Bonchev–Trinajstić information content (AvgIpc) is 2.27. The highest BCUT2D eigenvalue weighted by molar-refractivity contribution is 7.98. The molecule has 0 spiro atoms. The normalized spacial score (nSPS) is 14.3. The first-order valence-corrected chi connectivity index (χ1v) is 8.07. The van der Waals surface area contributed by atoms with Gasteiger partial charge in [-0.25, -0.2) is 0 Å². The van der Waals surface area contributed by atoms with Crippen LogP contribution in [0.5, 0.6) is 0 Å². The Kier molecular flexibility index (Phi) is 4.39. The third-order valence-corrected chi connectivity index (χ3v) is 6.47. The van der Waals surface area contributed by atoms with Gasteiger partial charge in [0.05, 0.1) is 0 Å². The molecule has 15 heavy (non-hydrogen) atoms. The summed E-state index contributed by atoms with van der Waals surface area (Å²) in [5.41, 5.74) is 3.20. The molecule has 0 saturated heterocycles. The van der Waals surface area contributed by atoms with Gasteiger partial charge in [-0.1, -0.05) is 42.1 Å². The third kappa shape index (κ3) is 3.09. The lowest BCUT2D eigenvalue weighted by molar-refractivity contribution is 0.673. The quantitative estimate of drug-likeness (QED) is 0.573. The third-order valence-electron chi connectivity index (χ3n) is 2.30. The maximum atomic E-state index is 5.77. The second-order valence-corrected chi connectivity index (χ2v) is 7.92. The zero-order chi connectivity index (χ0) is 11.3. The van der Waals surface area contributed by atoms with E-state index < -0.39 is 8.32 Å². The molecule has 1 aromatic rings. The van der Waals surface area contributed by atoms with E-state index in [0.29, 0.717) is 0 Å². The average molecular weight is 236 g/mol. The van der Waals surface area contributed by atoms with Crippen molar-refractivity contribution in [3.8, 4) is 0 Å². The molecule has 0 N–H and O–H groups in total. The van der Waals surface area contributed by atoms with Crippen molar-refractivity contribution in [1.29, 1.82) is 0 Å². The smallest absolute Gasteiger partial charge is 0.262 e. The van der Waals surface area contributed by atoms with Crippen LogP contribution in [0, 0.1) is 6.92 Å². The SMILES string of the molecule is C=CSO[Si](C)(C=C)c1ccc(C)cc1. The van der Waals surface area contributed by atoms with Crippen LogP contribution < -0.4 is 5.19 Å². The van der Waals surface area contributed by atoms with E-state index in [2.05, 4.69) is 50.9 Å². The number of rotatable bonds is 5. The Hall–Kier alpha value is -0.773. The van der Waals surface area contributed by atoms with Crippen molar-refractivity contribution in [1.82, 2.24) is 0 Å². The molecule has 1 atom stereocenters. The summed E-state index contributed by atoms with van der Waals surface area (Å²) in [6.45, 7) is 11.7. The maximum absolute atomic E-state index is 5.77. The first kappa shape index (κ1) is 12.3. The van der Waals surface area contributed by atoms with Gasteiger partial charge in [0.1, 0.15) is 0 Å². The molecule has 1 unspecified atom stereocenters. The fraction of sp³-hybridized carbons (Fsp3) is 0.167. The van der Waals surface area contributed by atoms with Crippen molar-refractivity contribution in [2.75, 3.05) is 0 Å². The maximum Gasteiger partial charge on any atom is 0.262 e. The lowest BCUT2D eigenvalue weighted by atomic mass is 10.2. The van der Waals surface area contributed by atoms with E-state index in [1.807, 2.05) is 5.70 Å². The second kappa shape index (κ2) is 5.35. The van der Waals surface area contributed by atoms with E-state index in [1.54, 1.807) is 5.41 Å². The molecular formula is C12H16OSSi. The first-order valence-electron chi connectivity index (χ1n) is 4.78. The summed E-state index contributed by atoms with van der Waals surface area (Å²) in [6, 6.07) is 8.44. The van der Waals surface area contributed by atoms with Crippen molar-refractivity contribution in [3.05, 3.63) is 54.1 Å². The monoisotopic (exact) mass is 236 g/mol. The van der Waals surface area contributed by atoms with Gasteiger partial charge in [0.2, 0.25) is 0 Å². The summed E-state index contributed by atoms with van der Waals surface area (Å²) < 4.78 is 5.77. The van der Waals surface area contributed by atoms with E-state index in [1.165, 1.54) is 22.8 Å². The van der Waals surface area contributed by atoms with Crippen LogP contribution in [0.25, 0.3) is 0 Å². The molecule has 0 aliphatic carbocycles. The standard InChI is InChI=1S/C12H16OSSi/c1-5-14-13-15(4,6-2)12-9-7-11(3)8-10-12/h5-10H,1-2H2,3-4H3. The predicted octanol–water partition coefficient (Wildman–Crippen LogP) is 3.31. The summed E-state index contributed by atoms with van der Waals surface area (Å²) in [7, 11) is -1.99. The van der Waals surface area contributed by atoms with Gasteiger partial charge in [-0.3, -0.25) is 0 Å². The van der Waals surface area contributed by atoms with Crippen LogP contribution in [0.1, 0.15) is 5.56 Å². The second-order valence-electron chi connectivity index (χ2n) is 3.52. The largest absolute Gasteiger partial charge is 0.343 e. The number of hydrogen-bond acceptors (Lipinski definition) is 2. The summed E-state index contributed by atoms with van der Waals surface area (Å²) >= 11 is 1.29. The molecule has 0 heterocycles. The first-order chi connectivity index (χ1) is 7.12. The molecule has 3 heteroatoms. The van der Waals surface area contributed by atoms with E-state index in [9.17, 15) is 0 Å². The van der Waals surface area contributed by atoms with Crippen LogP contribution in [0.15, 0.2) is 48.5 Å². The van der Waals surface area contributed by atoms with Gasteiger partial charge in [0.15, 0.2) is 0 Å². The minimum Gasteiger partial charge on any atom is -0.343 e. The highest BCUT2D eigenvalue weighted by Crippen LogP contribution is 2.16. The molecule has 0 aromatic heterocycles. The molecule has 0 saturated carbocycles. The molecule has 1 rings (SSSR count). The van der Waals surface area contributed by atoms with Crippen LogP contribution in [0.3, 0.4) is 0 Å². The van der Waals surface area contributed by atoms with Gasteiger partial charge in [0, 0.05) is 12.0 Å². The Morgan fingerprint density at radius 1 is 1.27 bits per heavy atom. The van der Waals surface area contributed by atoms with Crippen molar-refractivity contribution in [2.24, 2.45) is 0 Å². The lowest BCUT2D eigenvalue weighted by Gasteiger charge is -2.21. The van der Waals surface area contributed by atoms with Crippen LogP contribution in [0.2, 0.25) is 6.55 Å². The Morgan fingerprint density at radius 3 is 2.33 bits per heavy atom. The molecule has 0 bridgehead atoms. The summed E-state index contributed by atoms with van der Waals surface area (Å²) in [5, 5.41) is 2.93. The summed E-state index contributed by atoms with van der Waals surface area (Å²) in [4.78, 5) is 0. The Bertz CT molecular complexity index is 347. The Balaban J connectivity index is 2.94. The highest BCUT2D eigenvalue weighted by atomic mass is 32.2. The summed E-state index contributed by atoms with van der Waals surface area (Å²) in [5.74, 6) is 0. The topological polar surface area (TPSA) is 9.23 Å². The summed E-state index contributed by atoms with van der Waals surface area (Å²) in [6.07, 6.45) is 0. The minimum atomic E-state index is -1.99. The van der Waals surface area contributed by atoms with Gasteiger partial charge >= 0.3 is 0 Å². The molecule has 0 aliphatic heterocycles. The molecule has 0 radical (unpaired) electrons. The van der Waals surface area contributed by atoms with Crippen LogP contribution in [0.4, 0.5) is 0 Å². The molecule has 1 nitrogen and oxygen atoms in total. The van der Waals surface area contributed by atoms with E-state index in [-0.39, 0.29) is 0 Å². The van der Waals surface area contributed by atoms with Gasteiger partial charge in [-0.05, 0) is 24.1 Å². The molecule has 80 valence electrons. The van der Waals surface area contributed by atoms with Gasteiger partial charge in [-0.2, -0.15) is 0 Å². The van der Waals surface area contributed by atoms with E-state index in [4.69, 9.17) is 3.87 Å². The van der Waals surface area contributed by atoms with Crippen molar-refractivity contribution in [2.45, 2.75) is 13.5 Å². The zero-order valence-corrected chi connectivity index (χ0v) is 11.0. The predicted molar refractivity (Wildman–Crippen MR) is 71.5 cm³/mol. The molecule has 0 amide bonds. The van der Waals surface area contributed by atoms with Crippen molar-refractivity contribution in [3.63, 3.8) is 0 Å². The van der Waals surface area contributed by atoms with Gasteiger partial charge < -0.3 is 3.87 Å². The highest BCUT2D eigenvalue weighted by Gasteiger charge is 2.28. The van der Waals surface area contributed by atoms with E-state index >= 15 is 0 Å². The number of hydrogen-bond donors (Lipinski definition) is 0. The van der Waals surface area contributed by atoms with Crippen molar-refractivity contribution < 1.29 is 3.87 Å². The van der Waals surface area contributed by atoms with Gasteiger partial charge in [0.25, 0.3) is 8.32 Å². The Morgan fingerprint density at radius 2 is 1.87 bits per heavy atom. The van der Waals surface area contributed by atoms with Crippen LogP contribution in [-0.2, 0) is 3.87 Å².